The van der Waals surface area contributed by atoms with Crippen molar-refractivity contribution in [1.29, 1.82) is 0 Å². The van der Waals surface area contributed by atoms with Crippen LogP contribution in [0.3, 0.4) is 0 Å². The third-order valence-electron chi connectivity index (χ3n) is 5.63. The molecular weight excluding hydrogens is 430 g/mol. The number of benzene rings is 2. The molecule has 32 heavy (non-hydrogen) atoms. The minimum atomic E-state index is -3.76. The molecule has 0 bridgehead atoms. The van der Waals surface area contributed by atoms with Crippen LogP contribution in [0.1, 0.15) is 19.4 Å². The highest BCUT2D eigenvalue weighted by Gasteiger charge is 2.30. The molecule has 0 saturated carbocycles. The lowest BCUT2D eigenvalue weighted by Crippen LogP contribution is -2.47. The van der Waals surface area contributed by atoms with Gasteiger partial charge in [-0.2, -0.15) is 0 Å². The van der Waals surface area contributed by atoms with Gasteiger partial charge in [0.1, 0.15) is 11.9 Å². The van der Waals surface area contributed by atoms with Crippen LogP contribution in [0.4, 0.5) is 5.69 Å². The average molecular weight is 462 g/mol. The maximum absolute atomic E-state index is 13.1. The summed E-state index contributed by atoms with van der Waals surface area (Å²) in [5, 5.41) is 12.8. The Morgan fingerprint density at radius 3 is 2.59 bits per heavy atom. The van der Waals surface area contributed by atoms with Gasteiger partial charge in [0.25, 0.3) is 10.0 Å². The number of aliphatic hydroxyl groups excluding tert-OH is 1. The molecule has 9 heteroatoms. The van der Waals surface area contributed by atoms with Crippen molar-refractivity contribution in [2.75, 3.05) is 31.5 Å². The molecule has 1 heterocycles. The molecule has 0 saturated heterocycles. The fourth-order valence-electron chi connectivity index (χ4n) is 3.75. The molecule has 3 N–H and O–H groups in total. The Bertz CT molecular complexity index is 1030. The third kappa shape index (κ3) is 5.59. The largest absolute Gasteiger partial charge is 0.488 e. The van der Waals surface area contributed by atoms with Crippen LogP contribution >= 0.6 is 0 Å². The van der Waals surface area contributed by atoms with E-state index in [0.717, 1.165) is 0 Å². The predicted octanol–water partition coefficient (Wildman–Crippen LogP) is 1.86. The van der Waals surface area contributed by atoms with Crippen molar-refractivity contribution in [1.82, 2.24) is 10.2 Å². The number of likely N-dealkylation sites (N-methyl/N-ethyl adjacent to an activating group) is 1. The second-order valence-electron chi connectivity index (χ2n) is 8.19. The van der Waals surface area contributed by atoms with Crippen LogP contribution in [-0.2, 0) is 21.2 Å². The molecule has 3 rings (SSSR count). The number of aliphatic hydroxyl groups is 1. The number of ether oxygens (including phenoxy) is 1. The molecule has 1 amide bonds. The number of rotatable bonds is 7. The lowest BCUT2D eigenvalue weighted by atomic mass is 10.0. The molecule has 3 atom stereocenters. The van der Waals surface area contributed by atoms with Gasteiger partial charge in [-0.25, -0.2) is 8.42 Å². The summed E-state index contributed by atoms with van der Waals surface area (Å²) in [5.74, 6) is 0.422. The average Bonchev–Trinajstić information content (AvgIpc) is 2.82. The van der Waals surface area contributed by atoms with Crippen molar-refractivity contribution in [3.05, 3.63) is 54.1 Å². The lowest BCUT2D eigenvalue weighted by Gasteiger charge is -2.32. The zero-order chi connectivity index (χ0) is 23.3. The first-order valence-electron chi connectivity index (χ1n) is 10.7. The van der Waals surface area contributed by atoms with E-state index in [4.69, 9.17) is 4.74 Å². The van der Waals surface area contributed by atoms with Crippen molar-refractivity contribution >= 4 is 21.6 Å². The summed E-state index contributed by atoms with van der Waals surface area (Å²) in [5.41, 5.74) is 0.942. The van der Waals surface area contributed by atoms with Crippen LogP contribution in [0.5, 0.6) is 5.75 Å². The van der Waals surface area contributed by atoms with E-state index in [1.165, 1.54) is 12.1 Å². The molecule has 0 radical (unpaired) electrons. The van der Waals surface area contributed by atoms with E-state index < -0.39 is 10.0 Å². The number of carbonyl (C=O) groups is 1. The Morgan fingerprint density at radius 2 is 1.94 bits per heavy atom. The second-order valence-corrected chi connectivity index (χ2v) is 9.87. The van der Waals surface area contributed by atoms with Gasteiger partial charge < -0.3 is 20.1 Å². The van der Waals surface area contributed by atoms with Crippen LogP contribution in [0.25, 0.3) is 0 Å². The van der Waals surface area contributed by atoms with E-state index in [2.05, 4.69) is 10.0 Å². The van der Waals surface area contributed by atoms with Gasteiger partial charge in [-0.15, -0.1) is 0 Å². The topological polar surface area (TPSA) is 108 Å². The molecule has 1 aliphatic rings. The van der Waals surface area contributed by atoms with Gasteiger partial charge in [0, 0.05) is 30.3 Å². The zero-order valence-electron chi connectivity index (χ0n) is 18.6. The maximum atomic E-state index is 13.1. The van der Waals surface area contributed by atoms with E-state index in [1.54, 1.807) is 41.3 Å². The molecule has 0 fully saturated rings. The van der Waals surface area contributed by atoms with E-state index in [9.17, 15) is 18.3 Å². The minimum absolute atomic E-state index is 0.0163. The van der Waals surface area contributed by atoms with Crippen LogP contribution in [-0.4, -0.2) is 63.2 Å². The van der Waals surface area contributed by atoms with Crippen molar-refractivity contribution in [2.24, 2.45) is 5.92 Å². The first kappa shape index (κ1) is 24.0. The number of sulfonamides is 1. The normalized spacial score (nSPS) is 20.4. The summed E-state index contributed by atoms with van der Waals surface area (Å²) in [6, 6.07) is 12.7. The Balaban J connectivity index is 1.96. The monoisotopic (exact) mass is 461 g/mol. The highest BCUT2D eigenvalue weighted by molar-refractivity contribution is 7.92. The first-order chi connectivity index (χ1) is 15.2. The first-order valence-corrected chi connectivity index (χ1v) is 12.2. The molecule has 2 aromatic rings. The number of anilines is 1. The molecule has 1 aliphatic heterocycles. The molecule has 0 aromatic heterocycles. The number of nitrogens with one attached hydrogen (secondary N) is 2. The molecule has 174 valence electrons. The maximum Gasteiger partial charge on any atom is 0.261 e. The van der Waals surface area contributed by atoms with Gasteiger partial charge in [-0.3, -0.25) is 9.52 Å². The fourth-order valence-corrected chi connectivity index (χ4v) is 4.82. The zero-order valence-corrected chi connectivity index (χ0v) is 19.4. The Morgan fingerprint density at radius 1 is 1.22 bits per heavy atom. The van der Waals surface area contributed by atoms with Crippen LogP contribution in [0.2, 0.25) is 0 Å². The SMILES string of the molecule is CNC[C@@H]1Oc2ccc(NS(=O)(=O)c3ccccc3)cc2CC(=O)N([C@@H](C)CO)C[C@H]1C. The Labute approximate surface area is 189 Å². The van der Waals surface area contributed by atoms with E-state index in [1.807, 2.05) is 20.9 Å². The summed E-state index contributed by atoms with van der Waals surface area (Å²) >= 11 is 0. The van der Waals surface area contributed by atoms with E-state index in [-0.39, 0.29) is 41.9 Å². The molecule has 0 aliphatic carbocycles. The van der Waals surface area contributed by atoms with Crippen molar-refractivity contribution in [3.63, 3.8) is 0 Å². The smallest absolute Gasteiger partial charge is 0.261 e. The fraction of sp³-hybridized carbons (Fsp3) is 0.435. The highest BCUT2D eigenvalue weighted by atomic mass is 32.2. The highest BCUT2D eigenvalue weighted by Crippen LogP contribution is 2.29. The van der Waals surface area contributed by atoms with Gasteiger partial charge in [-0.05, 0) is 44.3 Å². The predicted molar refractivity (Wildman–Crippen MR) is 123 cm³/mol. The number of hydrogen-bond acceptors (Lipinski definition) is 6. The van der Waals surface area contributed by atoms with Gasteiger partial charge in [0.15, 0.2) is 0 Å². The van der Waals surface area contributed by atoms with Crippen LogP contribution in [0, 0.1) is 5.92 Å². The Kier molecular flexibility index (Phi) is 7.76. The van der Waals surface area contributed by atoms with Crippen molar-refractivity contribution in [2.45, 2.75) is 37.3 Å². The number of hydrogen-bond donors (Lipinski definition) is 3. The number of carbonyl (C=O) groups excluding carboxylic acids is 1. The quantitative estimate of drug-likeness (QED) is 0.581. The number of nitrogens with zero attached hydrogens (tertiary/aromatic N) is 1. The molecule has 2 aromatic carbocycles. The lowest BCUT2D eigenvalue weighted by molar-refractivity contribution is -0.134. The van der Waals surface area contributed by atoms with E-state index >= 15 is 0 Å². The van der Waals surface area contributed by atoms with Gasteiger partial charge >= 0.3 is 0 Å². The standard InChI is InChI=1S/C23H31N3O5S/c1-16-14-26(17(2)15-27)23(28)12-18-11-19(9-10-21(18)31-22(16)13-24-3)25-32(29,30)20-7-5-4-6-8-20/h4-11,16-17,22,24-25,27H,12-15H2,1-3H3/t16-,17+,22+/m1/s1. The summed E-state index contributed by atoms with van der Waals surface area (Å²) < 4.78 is 34.3. The molecule has 0 unspecified atom stereocenters. The van der Waals surface area contributed by atoms with Crippen LogP contribution in [0.15, 0.2) is 53.4 Å². The van der Waals surface area contributed by atoms with Crippen LogP contribution < -0.4 is 14.8 Å². The third-order valence-corrected chi connectivity index (χ3v) is 7.02. The van der Waals surface area contributed by atoms with Crippen molar-refractivity contribution in [3.8, 4) is 5.75 Å². The van der Waals surface area contributed by atoms with Crippen molar-refractivity contribution < 1.29 is 23.1 Å². The van der Waals surface area contributed by atoms with Gasteiger partial charge in [0.05, 0.1) is 24.0 Å². The minimum Gasteiger partial charge on any atom is -0.488 e. The number of amides is 1. The molecule has 8 nitrogen and oxygen atoms in total. The summed E-state index contributed by atoms with van der Waals surface area (Å²) in [4.78, 5) is 14.9. The molecule has 0 spiro atoms. The van der Waals surface area contributed by atoms with Gasteiger partial charge in [-0.1, -0.05) is 25.1 Å². The molecular formula is C23H31N3O5S. The van der Waals surface area contributed by atoms with Gasteiger partial charge in [0.2, 0.25) is 5.91 Å². The second kappa shape index (κ2) is 10.3. The summed E-state index contributed by atoms with van der Waals surface area (Å²) in [7, 11) is -1.92. The number of fused-ring (bicyclic) bond motifs is 1. The Hall–Kier alpha value is -2.62. The van der Waals surface area contributed by atoms with E-state index in [0.29, 0.717) is 30.1 Å². The summed E-state index contributed by atoms with van der Waals surface area (Å²) in [6.07, 6.45) is -0.163. The summed E-state index contributed by atoms with van der Waals surface area (Å²) in [6.45, 7) is 4.72.